The maximum Gasteiger partial charge on any atom is 0.343 e. The predicted molar refractivity (Wildman–Crippen MR) is 302 cm³/mol. The second kappa shape index (κ2) is 31.9. The van der Waals surface area contributed by atoms with Gasteiger partial charge in [0.05, 0.1) is 84.1 Å². The molecule has 0 aromatic heterocycles. The summed E-state index contributed by atoms with van der Waals surface area (Å²) < 4.78 is 84.9. The van der Waals surface area contributed by atoms with Gasteiger partial charge < -0.3 is 47.9 Å². The minimum absolute atomic E-state index is 0.00454. The van der Waals surface area contributed by atoms with Crippen LogP contribution >= 0.6 is 0 Å². The van der Waals surface area contributed by atoms with E-state index in [1.165, 1.54) is 66.7 Å². The number of hydrogen-bond acceptors (Lipinski definition) is 20. The van der Waals surface area contributed by atoms with Gasteiger partial charge >= 0.3 is 23.9 Å². The van der Waals surface area contributed by atoms with Gasteiger partial charge in [-0.3, -0.25) is 4.21 Å². The van der Waals surface area contributed by atoms with Crippen LogP contribution in [0.2, 0.25) is 0 Å². The fourth-order valence-electron chi connectivity index (χ4n) is 7.62. The van der Waals surface area contributed by atoms with Crippen molar-refractivity contribution < 1.29 is 75.0 Å². The minimum Gasteiger partial charge on any atom is -0.755 e. The normalized spacial score (nSPS) is 11.7. The van der Waals surface area contributed by atoms with Crippen LogP contribution in [0.3, 0.4) is 0 Å². The number of aliphatic hydroxyl groups excluding tert-OH is 2. The van der Waals surface area contributed by atoms with Crippen LogP contribution in [0.15, 0.2) is 172 Å². The molecular formula is C58H59N6O16S2-. The molecule has 0 fully saturated rings. The zero-order valence-corrected chi connectivity index (χ0v) is 45.9. The lowest BCUT2D eigenvalue weighted by Gasteiger charge is -2.16. The van der Waals surface area contributed by atoms with Crippen LogP contribution in [0, 0.1) is 0 Å². The number of esters is 4. The Labute approximate surface area is 475 Å². The first kappa shape index (κ1) is 62.4. The predicted octanol–water partition coefficient (Wildman–Crippen LogP) is 10.8. The molecule has 0 saturated heterocycles. The second-order valence-electron chi connectivity index (χ2n) is 17.7. The number of benzene rings is 6. The van der Waals surface area contributed by atoms with Gasteiger partial charge in [0.1, 0.15) is 23.0 Å². The number of anilines is 1. The number of sulfonamides is 1. The van der Waals surface area contributed by atoms with Gasteiger partial charge in [0.2, 0.25) is 10.0 Å². The van der Waals surface area contributed by atoms with E-state index in [1.807, 2.05) is 0 Å². The maximum absolute atomic E-state index is 13.0. The lowest BCUT2D eigenvalue weighted by atomic mass is 10.0. The molecule has 430 valence electrons. The molecule has 0 saturated carbocycles. The van der Waals surface area contributed by atoms with Gasteiger partial charge in [-0.15, -0.1) is 0 Å². The summed E-state index contributed by atoms with van der Waals surface area (Å²) >= 11 is -2.90. The number of hydrogen-bond donors (Lipinski definition) is 4. The van der Waals surface area contributed by atoms with Gasteiger partial charge in [-0.25, -0.2) is 32.7 Å². The second-order valence-corrected chi connectivity index (χ2v) is 19.9. The van der Waals surface area contributed by atoms with E-state index < -0.39 is 63.3 Å². The standard InChI is InChI=1S/C58H60N6O16S2/c1-3-55(67)77-31-11-7-5-9-29-75-47-21-13-39(14-22-47)57(69)79-52-27-19-43(33-41(52)37-65)60-62-45-17-25-49(51(35-45)64-81(71)72)50-26-18-46(36-54(50)82(59,73)74)63-61-44-20-28-53(42(34-44)38-66)80-58(70)40-15-23-48(24-16-40)76-30-10-6-8-12-32-78-56(68)4-2/h3-4,13-28,33-36,64-66H,1-2,5-12,29-32,37-38H2,(H,71,72)(H2,59,73,74)/p-1. The molecule has 24 heteroatoms. The van der Waals surface area contributed by atoms with E-state index in [4.69, 9.17) is 33.6 Å². The number of carbonyl (C=O) groups excluding carboxylic acids is 4. The topological polar surface area (TPSA) is 326 Å². The molecule has 0 bridgehead atoms. The number of nitrogens with one attached hydrogen (secondary N) is 1. The van der Waals surface area contributed by atoms with Crippen molar-refractivity contribution in [3.8, 4) is 34.1 Å². The number of nitrogens with two attached hydrogens (primary N) is 1. The number of rotatable bonds is 32. The summed E-state index contributed by atoms with van der Waals surface area (Å²) in [5.41, 5.74) is 1.45. The number of ether oxygens (including phenoxy) is 6. The van der Waals surface area contributed by atoms with E-state index >= 15 is 0 Å². The summed E-state index contributed by atoms with van der Waals surface area (Å²) in [6, 6.07) is 29.4. The molecule has 1 atom stereocenters. The van der Waals surface area contributed by atoms with Crippen molar-refractivity contribution >= 4 is 73.6 Å². The summed E-state index contributed by atoms with van der Waals surface area (Å²) in [7, 11) is -4.49. The van der Waals surface area contributed by atoms with E-state index in [0.29, 0.717) is 37.9 Å². The highest BCUT2D eigenvalue weighted by molar-refractivity contribution is 7.89. The number of unbranched alkanes of at least 4 members (excludes halogenated alkanes) is 6. The number of nitrogens with zero attached hydrogens (tertiary/aromatic N) is 4. The highest BCUT2D eigenvalue weighted by Crippen LogP contribution is 2.38. The molecule has 0 aliphatic rings. The minimum atomic E-state index is -4.49. The molecule has 0 radical (unpaired) electrons. The molecule has 0 heterocycles. The molecule has 0 spiro atoms. The molecule has 0 aliphatic carbocycles. The lowest BCUT2D eigenvalue weighted by Crippen LogP contribution is -2.14. The average molecular weight is 1160 g/mol. The number of primary sulfonamides is 1. The molecular weight excluding hydrogens is 1100 g/mol. The Morgan fingerprint density at radius 2 is 0.939 bits per heavy atom. The molecule has 22 nitrogen and oxygen atoms in total. The highest BCUT2D eigenvalue weighted by Gasteiger charge is 2.20. The van der Waals surface area contributed by atoms with Crippen molar-refractivity contribution in [1.82, 2.24) is 0 Å². The van der Waals surface area contributed by atoms with Gasteiger partial charge in [0.15, 0.2) is 0 Å². The lowest BCUT2D eigenvalue weighted by molar-refractivity contribution is -0.138. The van der Waals surface area contributed by atoms with Crippen molar-refractivity contribution in [3.05, 3.63) is 169 Å². The summed E-state index contributed by atoms with van der Waals surface area (Å²) in [5.74, 6) is -1.04. The molecule has 6 aromatic carbocycles. The van der Waals surface area contributed by atoms with Crippen molar-refractivity contribution in [1.29, 1.82) is 0 Å². The largest absolute Gasteiger partial charge is 0.755 e. The molecule has 1 unspecified atom stereocenters. The SMILES string of the molecule is C=CC(=O)OCCCCCCOc1ccc(C(=O)Oc2ccc(N=Nc3ccc(-c4ccc(N=Nc5ccc(OC(=O)c6ccc(OCCCCCCOC(=O)C=C)cc6)c(CO)c5)cc4S(N)(=O)=O)c(NS(=O)[O-])c3)cc2CO)cc1. The Morgan fingerprint density at radius 1 is 0.549 bits per heavy atom. The Kier molecular flexibility index (Phi) is 24.3. The Balaban J connectivity index is 1.06. The van der Waals surface area contributed by atoms with Gasteiger partial charge in [0.25, 0.3) is 0 Å². The van der Waals surface area contributed by atoms with Crippen molar-refractivity contribution in [2.75, 3.05) is 31.1 Å². The van der Waals surface area contributed by atoms with E-state index in [1.54, 1.807) is 48.5 Å². The average Bonchev–Trinajstić information content (AvgIpc) is 3.65. The number of aliphatic hydroxyl groups is 2. The zero-order chi connectivity index (χ0) is 58.9. The fraction of sp³-hybridized carbons (Fsp3) is 0.241. The third-order valence-corrected chi connectivity index (χ3v) is 13.1. The van der Waals surface area contributed by atoms with E-state index in [0.717, 1.165) is 69.6 Å². The third kappa shape index (κ3) is 19.8. The Morgan fingerprint density at radius 3 is 1.34 bits per heavy atom. The zero-order valence-electron chi connectivity index (χ0n) is 44.3. The van der Waals surface area contributed by atoms with Gasteiger partial charge in [-0.05, 0) is 161 Å². The van der Waals surface area contributed by atoms with Crippen LogP contribution in [0.4, 0.5) is 28.4 Å². The monoisotopic (exact) mass is 1160 g/mol. The van der Waals surface area contributed by atoms with Crippen molar-refractivity contribution in [2.45, 2.75) is 69.5 Å². The molecule has 82 heavy (non-hydrogen) atoms. The molecule has 6 aromatic rings. The molecule has 0 aliphatic heterocycles. The first-order chi connectivity index (χ1) is 39.6. The van der Waals surface area contributed by atoms with Gasteiger partial charge in [-0.2, -0.15) is 20.5 Å². The maximum atomic E-state index is 13.0. The first-order valence-electron chi connectivity index (χ1n) is 25.5. The van der Waals surface area contributed by atoms with Crippen LogP contribution < -0.4 is 28.8 Å². The van der Waals surface area contributed by atoms with Crippen LogP contribution in [0.1, 0.15) is 83.2 Å². The smallest absolute Gasteiger partial charge is 0.343 e. The summed E-state index contributed by atoms with van der Waals surface area (Å²) in [6.45, 7) is 7.23. The first-order valence-corrected chi connectivity index (χ1v) is 28.2. The highest BCUT2D eigenvalue weighted by atomic mass is 32.2. The van der Waals surface area contributed by atoms with Crippen LogP contribution in [0.25, 0.3) is 11.1 Å². The third-order valence-electron chi connectivity index (χ3n) is 11.8. The van der Waals surface area contributed by atoms with E-state index in [-0.39, 0.29) is 73.3 Å². The van der Waals surface area contributed by atoms with E-state index in [2.05, 4.69) is 38.3 Å². The van der Waals surface area contributed by atoms with E-state index in [9.17, 15) is 46.6 Å². The fourth-order valence-corrected chi connectivity index (χ4v) is 8.74. The number of azo groups is 2. The van der Waals surface area contributed by atoms with Crippen LogP contribution in [-0.2, 0) is 53.6 Å². The van der Waals surface area contributed by atoms with Crippen LogP contribution in [0.5, 0.6) is 23.0 Å². The molecule has 0 amide bonds. The molecule has 5 N–H and O–H groups in total. The van der Waals surface area contributed by atoms with Crippen molar-refractivity contribution in [3.63, 3.8) is 0 Å². The van der Waals surface area contributed by atoms with Gasteiger partial charge in [-0.1, -0.05) is 25.3 Å². The Hall–Kier alpha value is -8.78. The van der Waals surface area contributed by atoms with Gasteiger partial charge in [0, 0.05) is 45.7 Å². The molecule has 6 rings (SSSR count). The van der Waals surface area contributed by atoms with Crippen molar-refractivity contribution in [2.24, 2.45) is 25.6 Å². The summed E-state index contributed by atoms with van der Waals surface area (Å²) in [4.78, 5) is 47.9. The Bertz CT molecular complexity index is 3410. The quantitative estimate of drug-likeness (QED) is 0.00761. The summed E-state index contributed by atoms with van der Waals surface area (Å²) in [5, 5.41) is 42.7. The van der Waals surface area contributed by atoms with Crippen LogP contribution in [-0.4, -0.2) is 77.7 Å². The number of carbonyl (C=O) groups is 4. The summed E-state index contributed by atoms with van der Waals surface area (Å²) in [6.07, 6.45) is 8.77.